The van der Waals surface area contributed by atoms with Crippen LogP contribution < -0.4 is 11.2 Å². The van der Waals surface area contributed by atoms with Gasteiger partial charge in [0.15, 0.2) is 0 Å². The predicted octanol–water partition coefficient (Wildman–Crippen LogP) is -0.547. The predicted molar refractivity (Wildman–Crippen MR) is 55.0 cm³/mol. The number of hydrogen-bond acceptors (Lipinski definition) is 6. The highest BCUT2D eigenvalue weighted by atomic mass is 32.7. The highest BCUT2D eigenvalue weighted by Crippen LogP contribution is 2.48. The second-order valence-corrected chi connectivity index (χ2v) is 6.46. The van der Waals surface area contributed by atoms with E-state index in [0.717, 1.165) is 11.4 Å². The fourth-order valence-corrected chi connectivity index (χ4v) is 0.749. The second kappa shape index (κ2) is 8.22. The van der Waals surface area contributed by atoms with Crippen molar-refractivity contribution in [1.82, 2.24) is 0 Å². The van der Waals surface area contributed by atoms with Crippen LogP contribution in [0.1, 0.15) is 0 Å². The molecule has 0 rings (SSSR count). The molecule has 0 radical (unpaired) electrons. The summed E-state index contributed by atoms with van der Waals surface area (Å²) in [6.45, 7) is -3.24. The van der Waals surface area contributed by atoms with Gasteiger partial charge in [-0.3, -0.25) is 14.9 Å². The molecule has 0 heterocycles. The number of aliphatic hydroxyl groups is 1. The molecule has 0 aromatic carbocycles. The van der Waals surface area contributed by atoms with Crippen LogP contribution in [-0.2, 0) is 13.9 Å². The summed E-state index contributed by atoms with van der Waals surface area (Å²) in [6.07, 6.45) is 1.64. The van der Waals surface area contributed by atoms with Crippen LogP contribution in [0.5, 0.6) is 0 Å². The lowest BCUT2D eigenvalue weighted by Crippen LogP contribution is -2.33. The summed E-state index contributed by atoms with van der Waals surface area (Å²) in [7, 11) is 1.33. The average molecular weight is 246 g/mol. The van der Waals surface area contributed by atoms with Crippen LogP contribution in [0.15, 0.2) is 0 Å². The highest BCUT2D eigenvalue weighted by molar-refractivity contribution is 8.55. The molecule has 0 saturated heterocycles. The number of aliphatic carboxylic acids is 1. The zero-order valence-corrected chi connectivity index (χ0v) is 9.62. The molecule has 0 aromatic rings. The van der Waals surface area contributed by atoms with Crippen molar-refractivity contribution < 1.29 is 24.1 Å². The van der Waals surface area contributed by atoms with E-state index in [-0.39, 0.29) is 0 Å². The third kappa shape index (κ3) is 9.97. The molecular formula is C5H15N2O5PS. The van der Waals surface area contributed by atoms with Gasteiger partial charge in [-0.25, -0.2) is 0 Å². The van der Waals surface area contributed by atoms with E-state index in [0.29, 0.717) is 0 Å². The minimum Gasteiger partial charge on any atom is -0.480 e. The normalized spacial score (nSPS) is 16.1. The maximum Gasteiger partial charge on any atom is 0.323 e. The number of hydrogen-bond donors (Lipinski definition) is 4. The minimum absolute atomic E-state index is 0.505. The monoisotopic (exact) mass is 246 g/mol. The Hall–Kier alpha value is -0.110. The van der Waals surface area contributed by atoms with Crippen molar-refractivity contribution >= 4 is 24.1 Å². The van der Waals surface area contributed by atoms with Crippen LogP contribution in [0.2, 0.25) is 0 Å². The number of carboxylic acids is 1. The maximum atomic E-state index is 10.5. The van der Waals surface area contributed by atoms with E-state index < -0.39 is 25.3 Å². The molecule has 0 saturated carbocycles. The molecule has 0 aliphatic rings. The lowest BCUT2D eigenvalue weighted by atomic mass is 10.3. The third-order valence-electron chi connectivity index (χ3n) is 1.02. The zero-order chi connectivity index (χ0) is 11.8. The van der Waals surface area contributed by atoms with Crippen molar-refractivity contribution in [1.29, 1.82) is 0 Å². The summed E-state index contributed by atoms with van der Waals surface area (Å²) in [5, 5.41) is 15.9. The van der Waals surface area contributed by atoms with E-state index in [9.17, 15) is 9.36 Å². The Labute approximate surface area is 86.1 Å². The topological polar surface area (TPSA) is 136 Å². The Morgan fingerprint density at radius 3 is 2.14 bits per heavy atom. The number of aliphatic hydroxyl groups excluding tert-OH is 1. The van der Waals surface area contributed by atoms with Crippen LogP contribution in [0.4, 0.5) is 0 Å². The van der Waals surface area contributed by atoms with E-state index in [2.05, 4.69) is 4.52 Å². The maximum absolute atomic E-state index is 10.5. The molecule has 2 atom stereocenters. The average Bonchev–Trinajstić information content (AvgIpc) is 2.17. The second-order valence-electron chi connectivity index (χ2n) is 2.03. The molecule has 0 aromatic heterocycles. The minimum atomic E-state index is -2.74. The van der Waals surface area contributed by atoms with E-state index in [1.165, 1.54) is 7.11 Å². The van der Waals surface area contributed by atoms with Crippen molar-refractivity contribution in [2.45, 2.75) is 6.04 Å². The molecule has 0 bridgehead atoms. The molecule has 0 fully saturated rings. The van der Waals surface area contributed by atoms with E-state index in [1.54, 1.807) is 6.26 Å². The third-order valence-corrected chi connectivity index (χ3v) is 4.01. The summed E-state index contributed by atoms with van der Waals surface area (Å²) in [5.41, 5.74) is 9.78. The van der Waals surface area contributed by atoms with Gasteiger partial charge in [-0.2, -0.15) is 0 Å². The first kappa shape index (κ1) is 16.3. The Morgan fingerprint density at radius 1 is 1.71 bits per heavy atom. The standard InChI is InChI=1S/C3H7NO3.C2H8NO2PS/c4-2(1-5)3(6)7;1-5-6(3,4)7-2/h2,5H,1,4H2,(H,6,7);1-2H3,(H2,3,4)/t2-;/m0./s1. The first-order chi connectivity index (χ1) is 6.30. The molecular weight excluding hydrogens is 231 g/mol. The smallest absolute Gasteiger partial charge is 0.323 e. The van der Waals surface area contributed by atoms with Gasteiger partial charge in [-0.05, 0) is 6.26 Å². The number of nitrogens with two attached hydrogens (primary N) is 2. The lowest BCUT2D eigenvalue weighted by Gasteiger charge is -2.02. The van der Waals surface area contributed by atoms with E-state index in [4.69, 9.17) is 21.5 Å². The molecule has 0 amide bonds. The Bertz CT molecular complexity index is 206. The Balaban J connectivity index is 0. The van der Waals surface area contributed by atoms with Gasteiger partial charge in [-0.1, -0.05) is 11.4 Å². The van der Waals surface area contributed by atoms with Crippen molar-refractivity contribution in [3.63, 3.8) is 0 Å². The fraction of sp³-hybridized carbons (Fsp3) is 0.800. The molecule has 6 N–H and O–H groups in total. The molecule has 0 spiro atoms. The summed E-state index contributed by atoms with van der Waals surface area (Å²) >= 11 is 1.04. The summed E-state index contributed by atoms with van der Waals surface area (Å²) in [4.78, 5) is 9.65. The molecule has 7 nitrogen and oxygen atoms in total. The lowest BCUT2D eigenvalue weighted by molar-refractivity contribution is -0.139. The van der Waals surface area contributed by atoms with Crippen LogP contribution in [0.3, 0.4) is 0 Å². The highest BCUT2D eigenvalue weighted by Gasteiger charge is 2.09. The van der Waals surface area contributed by atoms with Crippen molar-refractivity contribution in [2.24, 2.45) is 11.2 Å². The van der Waals surface area contributed by atoms with Gasteiger partial charge in [0.05, 0.1) is 6.61 Å². The molecule has 0 aliphatic heterocycles. The van der Waals surface area contributed by atoms with Crippen LogP contribution >= 0.6 is 18.1 Å². The van der Waals surface area contributed by atoms with Crippen molar-refractivity contribution in [3.05, 3.63) is 0 Å². The van der Waals surface area contributed by atoms with Gasteiger partial charge < -0.3 is 20.5 Å². The Morgan fingerprint density at radius 2 is 2.14 bits per heavy atom. The van der Waals surface area contributed by atoms with Crippen LogP contribution in [-0.4, -0.2) is 42.2 Å². The molecule has 1 unspecified atom stereocenters. The summed E-state index contributed by atoms with van der Waals surface area (Å²) < 4.78 is 14.9. The van der Waals surface area contributed by atoms with Gasteiger partial charge in [0.25, 0.3) is 0 Å². The van der Waals surface area contributed by atoms with Crippen molar-refractivity contribution in [3.8, 4) is 0 Å². The first-order valence-corrected chi connectivity index (χ1v) is 6.92. The van der Waals surface area contributed by atoms with Crippen LogP contribution in [0, 0.1) is 0 Å². The number of rotatable bonds is 4. The van der Waals surface area contributed by atoms with Crippen molar-refractivity contribution in [2.75, 3.05) is 20.0 Å². The SMILES string of the molecule is COP(N)(=O)SC.N[C@@H](CO)C(=O)O. The van der Waals surface area contributed by atoms with Gasteiger partial charge in [0, 0.05) is 7.11 Å². The molecule has 0 aliphatic carbocycles. The van der Waals surface area contributed by atoms with Gasteiger partial charge in [0.2, 0.25) is 0 Å². The van der Waals surface area contributed by atoms with E-state index >= 15 is 0 Å². The summed E-state index contributed by atoms with van der Waals surface area (Å²) in [6, 6.07) is -1.13. The first-order valence-electron chi connectivity index (χ1n) is 3.40. The molecule has 86 valence electrons. The summed E-state index contributed by atoms with van der Waals surface area (Å²) in [5.74, 6) is -1.18. The van der Waals surface area contributed by atoms with E-state index in [1.807, 2.05) is 0 Å². The van der Waals surface area contributed by atoms with Gasteiger partial charge in [0.1, 0.15) is 6.04 Å². The number of carboxylic acid groups (broad SMARTS) is 1. The van der Waals surface area contributed by atoms with Gasteiger partial charge in [-0.15, -0.1) is 0 Å². The Kier molecular flexibility index (Phi) is 9.58. The quantitative estimate of drug-likeness (QED) is 0.485. The molecule has 9 heteroatoms. The largest absolute Gasteiger partial charge is 0.480 e. The van der Waals surface area contributed by atoms with Gasteiger partial charge >= 0.3 is 12.7 Å². The number of carbonyl (C=O) groups is 1. The molecule has 14 heavy (non-hydrogen) atoms. The zero-order valence-electron chi connectivity index (χ0n) is 7.91. The fourth-order valence-electron chi connectivity index (χ4n) is 0.153. The van der Waals surface area contributed by atoms with Crippen LogP contribution in [0.25, 0.3) is 0 Å².